The lowest BCUT2D eigenvalue weighted by Crippen LogP contribution is -2.40. The quantitative estimate of drug-likeness (QED) is 0.821. The van der Waals surface area contributed by atoms with Crippen molar-refractivity contribution in [3.05, 3.63) is 41.5 Å². The molecule has 1 aliphatic heterocycles. The molecule has 1 heterocycles. The molecule has 0 radical (unpaired) electrons. The van der Waals surface area contributed by atoms with E-state index in [1.54, 1.807) is 6.08 Å². The fraction of sp³-hybridized carbons (Fsp3) is 0.375. The van der Waals surface area contributed by atoms with Crippen molar-refractivity contribution >= 4 is 30.1 Å². The molecule has 1 atom stereocenters. The third kappa shape index (κ3) is 3.67. The maximum atomic E-state index is 12.1. The Morgan fingerprint density at radius 3 is 2.57 bits per heavy atom. The average Bonchev–Trinajstić information content (AvgIpc) is 2.91. The van der Waals surface area contributed by atoms with E-state index in [4.69, 9.17) is 0 Å². The van der Waals surface area contributed by atoms with Gasteiger partial charge >= 0.3 is 5.97 Å². The first-order valence-electron chi connectivity index (χ1n) is 6.94. The lowest BCUT2D eigenvalue weighted by Gasteiger charge is -2.21. The largest absolute Gasteiger partial charge is 0.479 e. The van der Waals surface area contributed by atoms with Crippen LogP contribution in [0.15, 0.2) is 30.3 Å². The van der Waals surface area contributed by atoms with Crippen LogP contribution in [0.3, 0.4) is 0 Å². The normalized spacial score (nSPS) is 17.7. The van der Waals surface area contributed by atoms with Gasteiger partial charge in [-0.3, -0.25) is 4.79 Å². The van der Waals surface area contributed by atoms with E-state index in [0.717, 1.165) is 16.7 Å². The van der Waals surface area contributed by atoms with Crippen molar-refractivity contribution in [2.75, 3.05) is 12.3 Å². The number of aliphatic carboxylic acids is 1. The van der Waals surface area contributed by atoms with Gasteiger partial charge in [-0.15, -0.1) is 0 Å². The maximum absolute atomic E-state index is 12.1. The number of thiol groups is 1. The van der Waals surface area contributed by atoms with Gasteiger partial charge in [0.2, 0.25) is 5.91 Å². The second-order valence-electron chi connectivity index (χ2n) is 5.19. The molecule has 4 nitrogen and oxygen atoms in total. The predicted molar refractivity (Wildman–Crippen MR) is 85.4 cm³/mol. The summed E-state index contributed by atoms with van der Waals surface area (Å²) in [5.41, 5.74) is 3.01. The number of benzene rings is 1. The van der Waals surface area contributed by atoms with Gasteiger partial charge in [-0.05, 0) is 36.3 Å². The van der Waals surface area contributed by atoms with E-state index in [-0.39, 0.29) is 5.91 Å². The summed E-state index contributed by atoms with van der Waals surface area (Å²) < 4.78 is 0. The number of carboxylic acids is 1. The van der Waals surface area contributed by atoms with E-state index in [9.17, 15) is 14.7 Å². The molecule has 21 heavy (non-hydrogen) atoms. The zero-order chi connectivity index (χ0) is 15.4. The van der Waals surface area contributed by atoms with E-state index in [1.807, 2.05) is 31.2 Å². The van der Waals surface area contributed by atoms with Crippen LogP contribution in [-0.4, -0.2) is 40.2 Å². The van der Waals surface area contributed by atoms with Gasteiger partial charge in [0, 0.05) is 13.0 Å². The molecule has 1 aromatic rings. The minimum Gasteiger partial charge on any atom is -0.479 e. The van der Waals surface area contributed by atoms with Crippen LogP contribution in [0.2, 0.25) is 0 Å². The number of nitrogens with zero attached hydrogens (tertiary/aromatic N) is 1. The summed E-state index contributed by atoms with van der Waals surface area (Å²) >= 11 is 4.09. The fourth-order valence-corrected chi connectivity index (χ4v) is 2.55. The number of carboxylic acid groups (broad SMARTS) is 1. The Bertz CT molecular complexity index is 565. The average molecular weight is 305 g/mol. The molecule has 0 saturated carbocycles. The molecule has 2 rings (SSSR count). The highest BCUT2D eigenvalue weighted by atomic mass is 32.1. The standard InChI is InChI=1S/C16H19NO3S/c1-11-4-6-12(7-5-11)13-9-14(16(19)20)17(10-13)15(18)3-2-8-21/h4-7,9,14,21H,2-3,8,10H2,1H3,(H,19,20)/t14-/m0/s1. The fourth-order valence-electron chi connectivity index (χ4n) is 2.39. The Hall–Kier alpha value is -1.75. The summed E-state index contributed by atoms with van der Waals surface area (Å²) in [6.07, 6.45) is 2.67. The van der Waals surface area contributed by atoms with E-state index >= 15 is 0 Å². The molecule has 1 amide bonds. The molecule has 0 aliphatic carbocycles. The summed E-state index contributed by atoms with van der Waals surface area (Å²) in [6, 6.07) is 7.02. The van der Waals surface area contributed by atoms with E-state index in [0.29, 0.717) is 25.1 Å². The van der Waals surface area contributed by atoms with Crippen LogP contribution in [0, 0.1) is 6.92 Å². The SMILES string of the molecule is Cc1ccc(C2=C[C@@H](C(=O)O)N(C(=O)CCCS)C2)cc1. The smallest absolute Gasteiger partial charge is 0.330 e. The van der Waals surface area contributed by atoms with Gasteiger partial charge in [0.25, 0.3) is 0 Å². The van der Waals surface area contributed by atoms with Crippen LogP contribution < -0.4 is 0 Å². The van der Waals surface area contributed by atoms with Gasteiger partial charge < -0.3 is 10.0 Å². The van der Waals surface area contributed by atoms with Crippen molar-refractivity contribution in [2.45, 2.75) is 25.8 Å². The zero-order valence-corrected chi connectivity index (χ0v) is 12.8. The van der Waals surface area contributed by atoms with Crippen LogP contribution >= 0.6 is 12.6 Å². The minimum absolute atomic E-state index is 0.130. The Morgan fingerprint density at radius 1 is 1.33 bits per heavy atom. The number of amides is 1. The van der Waals surface area contributed by atoms with Gasteiger partial charge in [0.05, 0.1) is 0 Å². The Kier molecular flexibility index (Phi) is 5.07. The molecule has 0 fully saturated rings. The molecule has 1 aromatic carbocycles. The highest BCUT2D eigenvalue weighted by Gasteiger charge is 2.33. The predicted octanol–water partition coefficient (Wildman–Crippen LogP) is 2.38. The molecule has 0 saturated heterocycles. The third-order valence-corrected chi connectivity index (χ3v) is 3.90. The number of carbonyl (C=O) groups is 2. The Balaban J connectivity index is 2.18. The molecular weight excluding hydrogens is 286 g/mol. The first kappa shape index (κ1) is 15.6. The van der Waals surface area contributed by atoms with Gasteiger partial charge in [-0.2, -0.15) is 12.6 Å². The summed E-state index contributed by atoms with van der Waals surface area (Å²) in [5, 5.41) is 9.31. The van der Waals surface area contributed by atoms with Crippen molar-refractivity contribution in [1.29, 1.82) is 0 Å². The van der Waals surface area contributed by atoms with Crippen LogP contribution in [0.4, 0.5) is 0 Å². The summed E-state index contributed by atoms with van der Waals surface area (Å²) in [7, 11) is 0. The summed E-state index contributed by atoms with van der Waals surface area (Å²) in [4.78, 5) is 24.9. The molecule has 0 aromatic heterocycles. The van der Waals surface area contributed by atoms with Crippen molar-refractivity contribution in [2.24, 2.45) is 0 Å². The first-order valence-corrected chi connectivity index (χ1v) is 7.57. The Morgan fingerprint density at radius 2 is 2.00 bits per heavy atom. The second-order valence-corrected chi connectivity index (χ2v) is 5.64. The molecule has 5 heteroatoms. The summed E-state index contributed by atoms with van der Waals surface area (Å²) in [6.45, 7) is 2.35. The van der Waals surface area contributed by atoms with Crippen LogP contribution in [0.5, 0.6) is 0 Å². The lowest BCUT2D eigenvalue weighted by atomic mass is 10.0. The highest BCUT2D eigenvalue weighted by Crippen LogP contribution is 2.26. The van der Waals surface area contributed by atoms with E-state index in [2.05, 4.69) is 12.6 Å². The first-order chi connectivity index (χ1) is 10.0. The van der Waals surface area contributed by atoms with Crippen molar-refractivity contribution in [3.8, 4) is 0 Å². The van der Waals surface area contributed by atoms with Gasteiger partial charge in [-0.1, -0.05) is 29.8 Å². The van der Waals surface area contributed by atoms with E-state index in [1.165, 1.54) is 4.90 Å². The number of rotatable bonds is 5. The second kappa shape index (κ2) is 6.80. The molecule has 1 aliphatic rings. The molecule has 0 unspecified atom stereocenters. The molecular formula is C16H19NO3S. The molecule has 0 bridgehead atoms. The highest BCUT2D eigenvalue weighted by molar-refractivity contribution is 7.80. The number of hydrogen-bond acceptors (Lipinski definition) is 3. The van der Waals surface area contributed by atoms with E-state index < -0.39 is 12.0 Å². The lowest BCUT2D eigenvalue weighted by molar-refractivity contribution is -0.146. The van der Waals surface area contributed by atoms with Crippen LogP contribution in [0.25, 0.3) is 5.57 Å². The molecule has 112 valence electrons. The minimum atomic E-state index is -0.990. The Labute approximate surface area is 129 Å². The van der Waals surface area contributed by atoms with Gasteiger partial charge in [-0.25, -0.2) is 4.79 Å². The molecule has 0 spiro atoms. The third-order valence-electron chi connectivity index (χ3n) is 3.58. The van der Waals surface area contributed by atoms with Crippen molar-refractivity contribution in [1.82, 2.24) is 4.90 Å². The van der Waals surface area contributed by atoms with Gasteiger partial charge in [0.1, 0.15) is 6.04 Å². The van der Waals surface area contributed by atoms with Crippen LogP contribution in [-0.2, 0) is 9.59 Å². The number of hydrogen-bond donors (Lipinski definition) is 2. The van der Waals surface area contributed by atoms with Crippen molar-refractivity contribution in [3.63, 3.8) is 0 Å². The molecule has 1 N–H and O–H groups in total. The number of carbonyl (C=O) groups excluding carboxylic acids is 1. The zero-order valence-electron chi connectivity index (χ0n) is 12.0. The maximum Gasteiger partial charge on any atom is 0.330 e. The number of aryl methyl sites for hydroxylation is 1. The van der Waals surface area contributed by atoms with Crippen LogP contribution in [0.1, 0.15) is 24.0 Å². The summed E-state index contributed by atoms with van der Waals surface area (Å²) in [5.74, 6) is -0.499. The van der Waals surface area contributed by atoms with Gasteiger partial charge in [0.15, 0.2) is 0 Å². The topological polar surface area (TPSA) is 57.6 Å². The monoisotopic (exact) mass is 305 g/mol. The van der Waals surface area contributed by atoms with Crippen molar-refractivity contribution < 1.29 is 14.7 Å².